The van der Waals surface area contributed by atoms with Crippen LogP contribution < -0.4 is 10.1 Å². The first-order valence-corrected chi connectivity index (χ1v) is 9.45. The van der Waals surface area contributed by atoms with Crippen LogP contribution in [-0.4, -0.2) is 29.1 Å². The number of halogens is 1. The second-order valence-electron chi connectivity index (χ2n) is 5.58. The highest BCUT2D eigenvalue weighted by atomic mass is 35.5. The number of hydrogen-bond donors (Lipinski definition) is 1. The summed E-state index contributed by atoms with van der Waals surface area (Å²) in [4.78, 5) is 12.1. The Morgan fingerprint density at radius 2 is 1.92 bits per heavy atom. The Morgan fingerprint density at radius 1 is 1.19 bits per heavy atom. The summed E-state index contributed by atoms with van der Waals surface area (Å²) < 4.78 is 5.43. The highest BCUT2D eigenvalue weighted by molar-refractivity contribution is 8.15. The van der Waals surface area contributed by atoms with Crippen molar-refractivity contribution < 1.29 is 9.53 Å². The molecule has 0 spiro atoms. The minimum atomic E-state index is -0.211. The maximum atomic E-state index is 12.1. The molecule has 1 N–H and O–H groups in total. The molecule has 134 valence electrons. The van der Waals surface area contributed by atoms with Crippen LogP contribution in [0.3, 0.4) is 0 Å². The number of amidine groups is 1. The molecule has 1 aliphatic rings. The first-order chi connectivity index (χ1) is 12.6. The van der Waals surface area contributed by atoms with Crippen molar-refractivity contribution >= 4 is 40.7 Å². The number of nitrogens with one attached hydrogen (secondary N) is 1. The molecule has 0 bridgehead atoms. The van der Waals surface area contributed by atoms with E-state index in [0.717, 1.165) is 16.9 Å². The number of carbonyl (C=O) groups is 1. The molecule has 1 amide bonds. The Balaban J connectivity index is 1.58. The third-order valence-electron chi connectivity index (χ3n) is 3.66. The molecule has 0 unspecified atom stereocenters. The lowest BCUT2D eigenvalue weighted by Gasteiger charge is -2.07. The van der Waals surface area contributed by atoms with Gasteiger partial charge < -0.3 is 10.1 Å². The molecule has 0 aromatic heterocycles. The van der Waals surface area contributed by atoms with Crippen molar-refractivity contribution in [3.63, 3.8) is 0 Å². The van der Waals surface area contributed by atoms with Gasteiger partial charge in [0.25, 0.3) is 0 Å². The molecule has 1 fully saturated rings. The van der Waals surface area contributed by atoms with Crippen LogP contribution in [0.5, 0.6) is 5.75 Å². The van der Waals surface area contributed by atoms with Crippen molar-refractivity contribution in [1.29, 1.82) is 0 Å². The Morgan fingerprint density at radius 3 is 2.62 bits per heavy atom. The molecule has 1 aliphatic heterocycles. The fraction of sp³-hybridized carbons (Fsp3) is 0.211. The SMILES string of the molecule is CCOc1ccc(C[C@@H]2S/C(=N/N=C\c3ccc(Cl)cc3)NC2=O)cc1. The largest absolute Gasteiger partial charge is 0.494 e. The third kappa shape index (κ3) is 5.09. The molecule has 1 atom stereocenters. The fourth-order valence-electron chi connectivity index (χ4n) is 2.39. The summed E-state index contributed by atoms with van der Waals surface area (Å²) in [5.41, 5.74) is 1.96. The molecule has 1 heterocycles. The average Bonchev–Trinajstić information content (AvgIpc) is 2.98. The minimum Gasteiger partial charge on any atom is -0.494 e. The summed E-state index contributed by atoms with van der Waals surface area (Å²) in [5.74, 6) is 0.780. The zero-order chi connectivity index (χ0) is 18.4. The Bertz CT molecular complexity index is 820. The lowest BCUT2D eigenvalue weighted by Crippen LogP contribution is -2.25. The molecule has 7 heteroatoms. The molecule has 0 aliphatic carbocycles. The van der Waals surface area contributed by atoms with Gasteiger partial charge in [0.2, 0.25) is 5.91 Å². The van der Waals surface area contributed by atoms with E-state index in [-0.39, 0.29) is 11.2 Å². The number of rotatable bonds is 6. The molecule has 2 aromatic carbocycles. The van der Waals surface area contributed by atoms with Crippen LogP contribution in [0.15, 0.2) is 58.7 Å². The van der Waals surface area contributed by atoms with Crippen LogP contribution in [-0.2, 0) is 11.2 Å². The van der Waals surface area contributed by atoms with E-state index >= 15 is 0 Å². The van der Waals surface area contributed by atoms with Crippen LogP contribution in [0.2, 0.25) is 5.02 Å². The first kappa shape index (κ1) is 18.5. The van der Waals surface area contributed by atoms with E-state index < -0.39 is 0 Å². The van der Waals surface area contributed by atoms with E-state index in [1.807, 2.05) is 43.3 Å². The predicted molar refractivity (Wildman–Crippen MR) is 107 cm³/mol. The van der Waals surface area contributed by atoms with Crippen molar-refractivity contribution in [3.8, 4) is 5.75 Å². The molecule has 5 nitrogen and oxygen atoms in total. The van der Waals surface area contributed by atoms with E-state index in [1.165, 1.54) is 11.8 Å². The van der Waals surface area contributed by atoms with Gasteiger partial charge in [0.15, 0.2) is 5.17 Å². The summed E-state index contributed by atoms with van der Waals surface area (Å²) in [6.45, 7) is 2.58. The van der Waals surface area contributed by atoms with Gasteiger partial charge in [0.05, 0.1) is 18.1 Å². The number of ether oxygens (including phenoxy) is 1. The Kier molecular flexibility index (Phi) is 6.30. The first-order valence-electron chi connectivity index (χ1n) is 8.20. The maximum Gasteiger partial charge on any atom is 0.239 e. The summed E-state index contributed by atoms with van der Waals surface area (Å²) in [6, 6.07) is 15.1. The molecular formula is C19H18ClN3O2S. The summed E-state index contributed by atoms with van der Waals surface area (Å²) >= 11 is 7.23. The number of amides is 1. The van der Waals surface area contributed by atoms with Crippen molar-refractivity contribution in [2.75, 3.05) is 6.61 Å². The van der Waals surface area contributed by atoms with Crippen LogP contribution in [0.4, 0.5) is 0 Å². The van der Waals surface area contributed by atoms with Crippen molar-refractivity contribution in [2.45, 2.75) is 18.6 Å². The van der Waals surface area contributed by atoms with Gasteiger partial charge in [-0.3, -0.25) is 4.79 Å². The zero-order valence-corrected chi connectivity index (χ0v) is 15.8. The molecule has 1 saturated heterocycles. The van der Waals surface area contributed by atoms with Gasteiger partial charge in [-0.15, -0.1) is 5.10 Å². The number of thioether (sulfide) groups is 1. The summed E-state index contributed by atoms with van der Waals surface area (Å²) in [7, 11) is 0. The van der Waals surface area contributed by atoms with E-state index in [4.69, 9.17) is 16.3 Å². The molecule has 0 radical (unpaired) electrons. The molecule has 2 aromatic rings. The molecule has 26 heavy (non-hydrogen) atoms. The molecular weight excluding hydrogens is 370 g/mol. The lowest BCUT2D eigenvalue weighted by atomic mass is 10.1. The quantitative estimate of drug-likeness (QED) is 0.604. The zero-order valence-electron chi connectivity index (χ0n) is 14.2. The van der Waals surface area contributed by atoms with Crippen molar-refractivity contribution in [3.05, 3.63) is 64.7 Å². The lowest BCUT2D eigenvalue weighted by molar-refractivity contribution is -0.118. The van der Waals surface area contributed by atoms with Crippen LogP contribution in [0, 0.1) is 0 Å². The number of benzene rings is 2. The number of hydrogen-bond acceptors (Lipinski definition) is 5. The normalized spacial score (nSPS) is 18.5. The smallest absolute Gasteiger partial charge is 0.239 e. The van der Waals surface area contributed by atoms with Gasteiger partial charge in [-0.1, -0.05) is 47.6 Å². The predicted octanol–water partition coefficient (Wildman–Crippen LogP) is 3.90. The van der Waals surface area contributed by atoms with E-state index in [1.54, 1.807) is 18.3 Å². The Labute approximate surface area is 161 Å². The van der Waals surface area contributed by atoms with Crippen LogP contribution >= 0.6 is 23.4 Å². The fourth-order valence-corrected chi connectivity index (χ4v) is 3.48. The number of nitrogens with zero attached hydrogens (tertiary/aromatic N) is 2. The van der Waals surface area contributed by atoms with Gasteiger partial charge >= 0.3 is 0 Å². The maximum absolute atomic E-state index is 12.1. The van der Waals surface area contributed by atoms with Crippen LogP contribution in [0.25, 0.3) is 0 Å². The van der Waals surface area contributed by atoms with Gasteiger partial charge in [0.1, 0.15) is 5.75 Å². The third-order valence-corrected chi connectivity index (χ3v) is 4.98. The Hall–Kier alpha value is -2.31. The highest BCUT2D eigenvalue weighted by Gasteiger charge is 2.30. The van der Waals surface area contributed by atoms with E-state index in [2.05, 4.69) is 15.5 Å². The molecule has 3 rings (SSSR count). The monoisotopic (exact) mass is 387 g/mol. The second-order valence-corrected chi connectivity index (χ2v) is 7.21. The molecule has 0 saturated carbocycles. The van der Waals surface area contributed by atoms with E-state index in [0.29, 0.717) is 23.2 Å². The topological polar surface area (TPSA) is 63.1 Å². The van der Waals surface area contributed by atoms with Crippen LogP contribution in [0.1, 0.15) is 18.1 Å². The standard InChI is InChI=1S/C19H18ClN3O2S/c1-2-25-16-9-5-13(6-10-16)11-17-18(24)22-19(26-17)23-21-12-14-3-7-15(20)8-4-14/h3-10,12,17H,2,11H2,1H3,(H,22,23,24)/b21-12-/t17-/m0/s1. The highest BCUT2D eigenvalue weighted by Crippen LogP contribution is 2.24. The van der Waals surface area contributed by atoms with Gasteiger partial charge in [-0.05, 0) is 48.7 Å². The minimum absolute atomic E-state index is 0.0515. The van der Waals surface area contributed by atoms with Gasteiger partial charge in [-0.2, -0.15) is 5.10 Å². The summed E-state index contributed by atoms with van der Waals surface area (Å²) in [6.07, 6.45) is 2.25. The van der Waals surface area contributed by atoms with Crippen molar-refractivity contribution in [2.24, 2.45) is 10.2 Å². The van der Waals surface area contributed by atoms with Crippen molar-refractivity contribution in [1.82, 2.24) is 5.32 Å². The van der Waals surface area contributed by atoms with Gasteiger partial charge in [0, 0.05) is 5.02 Å². The average molecular weight is 388 g/mol. The van der Waals surface area contributed by atoms with Gasteiger partial charge in [-0.25, -0.2) is 0 Å². The summed E-state index contributed by atoms with van der Waals surface area (Å²) in [5, 5.41) is 11.9. The van der Waals surface area contributed by atoms with E-state index in [9.17, 15) is 4.79 Å². The number of carbonyl (C=O) groups excluding carboxylic acids is 1. The second kappa shape index (κ2) is 8.87.